The molecule has 1 N–H and O–H groups in total. The Morgan fingerprint density at radius 2 is 2.11 bits per heavy atom. The van der Waals surface area contributed by atoms with Crippen LogP contribution in [0.1, 0.15) is 24.8 Å². The number of halogens is 1. The van der Waals surface area contributed by atoms with Crippen LogP contribution in [0.2, 0.25) is 0 Å². The number of rotatable bonds is 5. The predicted octanol–water partition coefficient (Wildman–Crippen LogP) is 3.64. The van der Waals surface area contributed by atoms with Crippen molar-refractivity contribution in [3.05, 3.63) is 28.2 Å². The van der Waals surface area contributed by atoms with E-state index in [1.54, 1.807) is 7.11 Å². The second-order valence-corrected chi connectivity index (χ2v) is 6.04. The van der Waals surface area contributed by atoms with Gasteiger partial charge in [0.2, 0.25) is 0 Å². The molecule has 1 aliphatic carbocycles. The summed E-state index contributed by atoms with van der Waals surface area (Å²) < 4.78 is 6.33. The Balaban J connectivity index is 2.02. The highest BCUT2D eigenvalue weighted by atomic mass is 79.9. The van der Waals surface area contributed by atoms with Crippen molar-refractivity contribution in [2.75, 3.05) is 20.7 Å². The minimum absolute atomic E-state index is 0.831. The van der Waals surface area contributed by atoms with Crippen LogP contribution in [0, 0.1) is 11.8 Å². The minimum Gasteiger partial charge on any atom is -0.496 e. The van der Waals surface area contributed by atoms with E-state index in [9.17, 15) is 0 Å². The smallest absolute Gasteiger partial charge is 0.133 e. The van der Waals surface area contributed by atoms with Crippen LogP contribution in [0.5, 0.6) is 5.75 Å². The van der Waals surface area contributed by atoms with E-state index in [1.165, 1.54) is 31.2 Å². The molecule has 1 aromatic rings. The number of methoxy groups -OCH3 is 1. The van der Waals surface area contributed by atoms with Gasteiger partial charge < -0.3 is 10.1 Å². The maximum Gasteiger partial charge on any atom is 0.133 e. The van der Waals surface area contributed by atoms with E-state index in [1.807, 2.05) is 0 Å². The van der Waals surface area contributed by atoms with Gasteiger partial charge in [-0.2, -0.15) is 0 Å². The first-order valence-electron chi connectivity index (χ1n) is 6.71. The normalized spacial score (nSPS) is 23.3. The van der Waals surface area contributed by atoms with E-state index in [-0.39, 0.29) is 0 Å². The van der Waals surface area contributed by atoms with Gasteiger partial charge in [-0.15, -0.1) is 0 Å². The predicted molar refractivity (Wildman–Crippen MR) is 79.2 cm³/mol. The monoisotopic (exact) mass is 311 g/mol. The molecule has 2 nitrogen and oxygen atoms in total. The third-order valence-corrected chi connectivity index (χ3v) is 4.62. The number of hydrogen-bond acceptors (Lipinski definition) is 2. The maximum absolute atomic E-state index is 5.27. The van der Waals surface area contributed by atoms with Crippen LogP contribution in [0.15, 0.2) is 22.7 Å². The molecule has 1 saturated carbocycles. The topological polar surface area (TPSA) is 21.3 Å². The lowest BCUT2D eigenvalue weighted by molar-refractivity contribution is 0.374. The summed E-state index contributed by atoms with van der Waals surface area (Å²) in [5.41, 5.74) is 1.41. The fourth-order valence-corrected chi connectivity index (χ4v) is 3.64. The van der Waals surface area contributed by atoms with Gasteiger partial charge in [0.15, 0.2) is 0 Å². The van der Waals surface area contributed by atoms with Crippen molar-refractivity contribution < 1.29 is 4.74 Å². The molecule has 0 radical (unpaired) electrons. The Morgan fingerprint density at radius 1 is 1.33 bits per heavy atom. The zero-order valence-electron chi connectivity index (χ0n) is 11.2. The van der Waals surface area contributed by atoms with E-state index in [2.05, 4.69) is 46.5 Å². The van der Waals surface area contributed by atoms with Gasteiger partial charge in [-0.25, -0.2) is 0 Å². The van der Waals surface area contributed by atoms with Crippen LogP contribution in [0.3, 0.4) is 0 Å². The Bertz CT molecular complexity index is 394. The summed E-state index contributed by atoms with van der Waals surface area (Å²) in [5.74, 6) is 2.59. The van der Waals surface area contributed by atoms with Gasteiger partial charge in [-0.3, -0.25) is 0 Å². The maximum atomic E-state index is 5.27. The molecule has 2 atom stereocenters. The summed E-state index contributed by atoms with van der Waals surface area (Å²) in [6.45, 7) is 1.15. The highest BCUT2D eigenvalue weighted by molar-refractivity contribution is 9.10. The zero-order valence-corrected chi connectivity index (χ0v) is 12.8. The van der Waals surface area contributed by atoms with Crippen LogP contribution in [0.25, 0.3) is 0 Å². The number of ether oxygens (including phenoxy) is 1. The van der Waals surface area contributed by atoms with Gasteiger partial charge in [0.25, 0.3) is 0 Å². The largest absolute Gasteiger partial charge is 0.496 e. The van der Waals surface area contributed by atoms with Crippen LogP contribution < -0.4 is 10.1 Å². The first-order valence-corrected chi connectivity index (χ1v) is 7.51. The Kier molecular flexibility index (Phi) is 5.07. The average molecular weight is 312 g/mol. The summed E-state index contributed by atoms with van der Waals surface area (Å²) in [6.07, 6.45) is 5.32. The molecule has 0 amide bonds. The molecule has 2 unspecified atom stereocenters. The van der Waals surface area contributed by atoms with Crippen molar-refractivity contribution in [2.45, 2.75) is 25.7 Å². The first-order chi connectivity index (χ1) is 8.74. The molecular weight excluding hydrogens is 290 g/mol. The summed E-state index contributed by atoms with van der Waals surface area (Å²) in [4.78, 5) is 0. The number of benzene rings is 1. The lowest BCUT2D eigenvalue weighted by atomic mass is 9.89. The Labute approximate surface area is 118 Å². The molecule has 1 aliphatic rings. The molecule has 0 saturated heterocycles. The van der Waals surface area contributed by atoms with Crippen molar-refractivity contribution in [2.24, 2.45) is 11.8 Å². The highest BCUT2D eigenvalue weighted by Gasteiger charge is 2.26. The van der Waals surface area contributed by atoms with Crippen molar-refractivity contribution in [3.8, 4) is 5.75 Å². The van der Waals surface area contributed by atoms with E-state index in [0.717, 1.165) is 28.6 Å². The quantitative estimate of drug-likeness (QED) is 0.896. The van der Waals surface area contributed by atoms with Crippen LogP contribution in [-0.2, 0) is 6.42 Å². The van der Waals surface area contributed by atoms with Crippen LogP contribution in [0.4, 0.5) is 0 Å². The lowest BCUT2D eigenvalue weighted by Crippen LogP contribution is -2.23. The third kappa shape index (κ3) is 3.27. The zero-order chi connectivity index (χ0) is 13.0. The van der Waals surface area contributed by atoms with Gasteiger partial charge in [0, 0.05) is 0 Å². The molecule has 1 aromatic carbocycles. The molecule has 2 rings (SSSR count). The standard InChI is InChI=1S/C15H22BrNO/c1-17-10-13-5-3-4-12(13)8-11-6-7-15(18-2)14(16)9-11/h6-7,9,12-13,17H,3-5,8,10H2,1-2H3. The molecule has 0 heterocycles. The van der Waals surface area contributed by atoms with Crippen molar-refractivity contribution >= 4 is 15.9 Å². The SMILES string of the molecule is CNCC1CCCC1Cc1ccc(OC)c(Br)c1. The number of hydrogen-bond donors (Lipinski definition) is 1. The van der Waals surface area contributed by atoms with Gasteiger partial charge in [-0.05, 0) is 78.3 Å². The molecule has 0 aromatic heterocycles. The summed E-state index contributed by atoms with van der Waals surface area (Å²) in [7, 11) is 3.76. The molecule has 18 heavy (non-hydrogen) atoms. The summed E-state index contributed by atoms with van der Waals surface area (Å²) in [6, 6.07) is 6.45. The molecule has 1 fully saturated rings. The van der Waals surface area contributed by atoms with Crippen molar-refractivity contribution in [1.29, 1.82) is 0 Å². The highest BCUT2D eigenvalue weighted by Crippen LogP contribution is 2.35. The summed E-state index contributed by atoms with van der Waals surface area (Å²) in [5, 5.41) is 3.33. The van der Waals surface area contributed by atoms with Gasteiger partial charge >= 0.3 is 0 Å². The van der Waals surface area contributed by atoms with E-state index >= 15 is 0 Å². The average Bonchev–Trinajstić information content (AvgIpc) is 2.78. The van der Waals surface area contributed by atoms with E-state index in [0.29, 0.717) is 0 Å². The lowest BCUT2D eigenvalue weighted by Gasteiger charge is -2.19. The van der Waals surface area contributed by atoms with Crippen molar-refractivity contribution in [1.82, 2.24) is 5.32 Å². The fourth-order valence-electron chi connectivity index (χ4n) is 3.05. The molecular formula is C15H22BrNO. The van der Waals surface area contributed by atoms with Gasteiger partial charge in [0.1, 0.15) is 5.75 Å². The molecule has 0 spiro atoms. The minimum atomic E-state index is 0.831. The molecule has 100 valence electrons. The Hall–Kier alpha value is -0.540. The molecule has 0 aliphatic heterocycles. The second kappa shape index (κ2) is 6.58. The van der Waals surface area contributed by atoms with Crippen LogP contribution in [-0.4, -0.2) is 20.7 Å². The second-order valence-electron chi connectivity index (χ2n) is 5.18. The Morgan fingerprint density at radius 3 is 2.78 bits per heavy atom. The third-order valence-electron chi connectivity index (χ3n) is 4.00. The van der Waals surface area contributed by atoms with Crippen LogP contribution >= 0.6 is 15.9 Å². The first kappa shape index (κ1) is 13.9. The van der Waals surface area contributed by atoms with Gasteiger partial charge in [-0.1, -0.05) is 12.5 Å². The van der Waals surface area contributed by atoms with Crippen molar-refractivity contribution in [3.63, 3.8) is 0 Å². The van der Waals surface area contributed by atoms with Gasteiger partial charge in [0.05, 0.1) is 11.6 Å². The molecule has 0 bridgehead atoms. The summed E-state index contributed by atoms with van der Waals surface area (Å²) >= 11 is 3.57. The van der Waals surface area contributed by atoms with E-state index in [4.69, 9.17) is 4.74 Å². The molecule has 3 heteroatoms. The fraction of sp³-hybridized carbons (Fsp3) is 0.600. The van der Waals surface area contributed by atoms with E-state index < -0.39 is 0 Å². The number of nitrogens with one attached hydrogen (secondary N) is 1.